The largest absolute Gasteiger partial charge is 0.458 e. The second-order valence-corrected chi connectivity index (χ2v) is 6.75. The van der Waals surface area contributed by atoms with Gasteiger partial charge in [0.25, 0.3) is 5.91 Å². The second-order valence-electron chi connectivity index (χ2n) is 6.75. The third kappa shape index (κ3) is 3.68. The van der Waals surface area contributed by atoms with Crippen LogP contribution in [0.5, 0.6) is 0 Å². The number of carbonyl (C=O) groups is 4. The van der Waals surface area contributed by atoms with E-state index in [2.05, 4.69) is 16.0 Å². The van der Waals surface area contributed by atoms with Gasteiger partial charge >= 0.3 is 12.1 Å². The lowest BCUT2D eigenvalue weighted by molar-refractivity contribution is -0.135. The number of furan rings is 1. The van der Waals surface area contributed by atoms with Gasteiger partial charge in [-0.15, -0.1) is 0 Å². The van der Waals surface area contributed by atoms with Gasteiger partial charge in [-0.1, -0.05) is 31.5 Å². The summed E-state index contributed by atoms with van der Waals surface area (Å²) in [5, 5.41) is 8.00. The van der Waals surface area contributed by atoms with Crippen molar-refractivity contribution in [1.82, 2.24) is 20.9 Å². The Morgan fingerprint density at radius 1 is 1.25 bits per heavy atom. The molecule has 1 aromatic carbocycles. The first-order valence-electron chi connectivity index (χ1n) is 9.06. The predicted octanol–water partition coefficient (Wildman–Crippen LogP) is 1.83. The lowest BCUT2D eigenvalue weighted by Crippen LogP contribution is -2.47. The summed E-state index contributed by atoms with van der Waals surface area (Å²) in [5.74, 6) is -1.11. The van der Waals surface area contributed by atoms with Crippen molar-refractivity contribution in [3.05, 3.63) is 36.1 Å². The Bertz CT molecular complexity index is 904. The highest BCUT2D eigenvalue weighted by atomic mass is 16.3. The smallest absolute Gasteiger partial charge is 0.325 e. The molecule has 2 aromatic rings. The Hall–Kier alpha value is -3.36. The minimum Gasteiger partial charge on any atom is -0.458 e. The first kappa shape index (κ1) is 19.4. The molecule has 9 heteroatoms. The molecule has 1 aromatic heterocycles. The summed E-state index contributed by atoms with van der Waals surface area (Å²) in [4.78, 5) is 49.6. The molecule has 1 fully saturated rings. The molecule has 1 aliphatic heterocycles. The average molecular weight is 386 g/mol. The number of imide groups is 2. The normalized spacial score (nSPS) is 19.0. The van der Waals surface area contributed by atoms with E-state index < -0.39 is 36.0 Å². The Labute approximate surface area is 161 Å². The summed E-state index contributed by atoms with van der Waals surface area (Å²) in [6.07, 6.45) is 1.68. The van der Waals surface area contributed by atoms with Crippen LogP contribution in [0.2, 0.25) is 0 Å². The Balaban J connectivity index is 1.69. The van der Waals surface area contributed by atoms with Crippen molar-refractivity contribution < 1.29 is 23.6 Å². The fraction of sp³-hybridized carbons (Fsp3) is 0.368. The number of fused-ring (bicyclic) bond motifs is 1. The molecule has 28 heavy (non-hydrogen) atoms. The van der Waals surface area contributed by atoms with Gasteiger partial charge in [0.1, 0.15) is 17.9 Å². The van der Waals surface area contributed by atoms with Crippen LogP contribution in [0.15, 0.2) is 34.7 Å². The topological polar surface area (TPSA) is 121 Å². The molecule has 6 amide bonds. The molecule has 0 aliphatic carbocycles. The second kappa shape index (κ2) is 7.71. The van der Waals surface area contributed by atoms with Gasteiger partial charge in [-0.2, -0.15) is 0 Å². The summed E-state index contributed by atoms with van der Waals surface area (Å²) in [5.41, 5.74) is -0.847. The van der Waals surface area contributed by atoms with Crippen molar-refractivity contribution in [2.45, 2.75) is 32.2 Å². The molecule has 0 bridgehead atoms. The van der Waals surface area contributed by atoms with E-state index in [1.807, 2.05) is 19.1 Å². The van der Waals surface area contributed by atoms with Gasteiger partial charge in [-0.05, 0) is 25.5 Å². The summed E-state index contributed by atoms with van der Waals surface area (Å²) in [6, 6.07) is 7.51. The van der Waals surface area contributed by atoms with Crippen molar-refractivity contribution in [2.75, 3.05) is 13.1 Å². The quantitative estimate of drug-likeness (QED) is 0.517. The summed E-state index contributed by atoms with van der Waals surface area (Å²) in [6.45, 7) is 3.35. The molecule has 9 nitrogen and oxygen atoms in total. The summed E-state index contributed by atoms with van der Waals surface area (Å²) >= 11 is 0. The maximum atomic E-state index is 12.8. The van der Waals surface area contributed by atoms with Gasteiger partial charge in [0, 0.05) is 11.9 Å². The number of hydrogen-bond acceptors (Lipinski definition) is 5. The van der Waals surface area contributed by atoms with Gasteiger partial charge in [-0.3, -0.25) is 19.8 Å². The molecule has 0 spiro atoms. The zero-order valence-corrected chi connectivity index (χ0v) is 15.7. The number of nitrogens with one attached hydrogen (secondary N) is 3. The number of carbonyl (C=O) groups excluding carboxylic acids is 4. The number of unbranched alkanes of at least 4 members (excludes halogenated alkanes) is 1. The first-order chi connectivity index (χ1) is 13.3. The number of rotatable bonds is 6. The number of urea groups is 2. The van der Waals surface area contributed by atoms with E-state index in [0.29, 0.717) is 12.1 Å². The van der Waals surface area contributed by atoms with E-state index in [4.69, 9.17) is 4.42 Å². The Kier molecular flexibility index (Phi) is 5.34. The highest BCUT2D eigenvalue weighted by molar-refractivity contribution is 6.10. The van der Waals surface area contributed by atoms with Crippen molar-refractivity contribution in [1.29, 1.82) is 0 Å². The van der Waals surface area contributed by atoms with Gasteiger partial charge in [0.15, 0.2) is 5.54 Å². The predicted molar refractivity (Wildman–Crippen MR) is 100 cm³/mol. The number of nitrogens with zero attached hydrogens (tertiary/aromatic N) is 1. The molecule has 1 atom stereocenters. The molecule has 0 radical (unpaired) electrons. The summed E-state index contributed by atoms with van der Waals surface area (Å²) in [7, 11) is 0. The maximum Gasteiger partial charge on any atom is 0.325 e. The lowest BCUT2D eigenvalue weighted by Gasteiger charge is -2.18. The fourth-order valence-electron chi connectivity index (χ4n) is 2.97. The van der Waals surface area contributed by atoms with Crippen molar-refractivity contribution >= 4 is 34.8 Å². The molecule has 1 saturated heterocycles. The summed E-state index contributed by atoms with van der Waals surface area (Å²) < 4.78 is 5.72. The Morgan fingerprint density at radius 2 is 2.00 bits per heavy atom. The van der Waals surface area contributed by atoms with E-state index in [1.54, 1.807) is 18.2 Å². The van der Waals surface area contributed by atoms with E-state index in [9.17, 15) is 19.2 Å². The van der Waals surface area contributed by atoms with Gasteiger partial charge in [0.2, 0.25) is 5.91 Å². The van der Waals surface area contributed by atoms with Crippen molar-refractivity contribution in [3.63, 3.8) is 0 Å². The van der Waals surface area contributed by atoms with Crippen LogP contribution in [0.1, 0.15) is 32.4 Å². The molecule has 148 valence electrons. The van der Waals surface area contributed by atoms with E-state index in [0.717, 1.165) is 23.1 Å². The van der Waals surface area contributed by atoms with E-state index in [1.165, 1.54) is 6.92 Å². The van der Waals surface area contributed by atoms with Crippen LogP contribution in [0, 0.1) is 0 Å². The maximum absolute atomic E-state index is 12.8. The molecule has 1 aliphatic rings. The van der Waals surface area contributed by atoms with Crippen LogP contribution in [0.4, 0.5) is 9.59 Å². The van der Waals surface area contributed by atoms with Crippen molar-refractivity contribution in [2.24, 2.45) is 0 Å². The minimum atomic E-state index is -1.43. The van der Waals surface area contributed by atoms with Crippen LogP contribution in [0.3, 0.4) is 0 Å². The monoisotopic (exact) mass is 386 g/mol. The average Bonchev–Trinajstić information content (AvgIpc) is 3.18. The van der Waals surface area contributed by atoms with Crippen LogP contribution >= 0.6 is 0 Å². The zero-order chi connectivity index (χ0) is 20.3. The highest BCUT2D eigenvalue weighted by Gasteiger charge is 2.51. The van der Waals surface area contributed by atoms with E-state index >= 15 is 0 Å². The van der Waals surface area contributed by atoms with Gasteiger partial charge in [0.05, 0.1) is 0 Å². The molecule has 1 unspecified atom stereocenters. The third-order valence-corrected chi connectivity index (χ3v) is 4.56. The Morgan fingerprint density at radius 3 is 2.71 bits per heavy atom. The van der Waals surface area contributed by atoms with Crippen LogP contribution < -0.4 is 16.0 Å². The minimum absolute atomic E-state index is 0.271. The molecule has 2 heterocycles. The van der Waals surface area contributed by atoms with Crippen LogP contribution in [0.25, 0.3) is 11.0 Å². The number of amides is 6. The third-order valence-electron chi connectivity index (χ3n) is 4.56. The lowest BCUT2D eigenvalue weighted by atomic mass is 9.99. The zero-order valence-electron chi connectivity index (χ0n) is 15.7. The molecule has 3 N–H and O–H groups in total. The van der Waals surface area contributed by atoms with Gasteiger partial charge in [-0.25, -0.2) is 9.59 Å². The van der Waals surface area contributed by atoms with Crippen molar-refractivity contribution in [3.8, 4) is 0 Å². The first-order valence-corrected chi connectivity index (χ1v) is 9.06. The molecular formula is C19H22N4O5. The molecule has 0 saturated carbocycles. The SMILES string of the molecule is CCCCNC(=O)NC(=O)CN1C(=O)NC(C)(c2cc3ccccc3o2)C1=O. The number of benzene rings is 1. The molecular weight excluding hydrogens is 364 g/mol. The number of hydrogen-bond donors (Lipinski definition) is 3. The molecule has 3 rings (SSSR count). The fourth-order valence-corrected chi connectivity index (χ4v) is 2.97. The van der Waals surface area contributed by atoms with E-state index in [-0.39, 0.29) is 5.76 Å². The highest BCUT2D eigenvalue weighted by Crippen LogP contribution is 2.32. The van der Waals surface area contributed by atoms with Crippen LogP contribution in [-0.2, 0) is 15.1 Å². The standard InChI is InChI=1S/C19H22N4O5/c1-3-4-9-20-17(26)21-15(24)11-23-16(25)19(2,22-18(23)27)14-10-12-7-5-6-8-13(12)28-14/h5-8,10H,3-4,9,11H2,1-2H3,(H,22,27)(H2,20,21,24,26). The number of para-hydroxylation sites is 1. The van der Waals surface area contributed by atoms with Gasteiger partial charge < -0.3 is 15.1 Å². The van der Waals surface area contributed by atoms with Crippen LogP contribution in [-0.4, -0.2) is 41.9 Å².